The van der Waals surface area contributed by atoms with Crippen LogP contribution in [0, 0.1) is 5.41 Å². The predicted molar refractivity (Wildman–Crippen MR) is 80.7 cm³/mol. The van der Waals surface area contributed by atoms with Gasteiger partial charge in [-0.05, 0) is 32.2 Å². The van der Waals surface area contributed by atoms with Crippen LogP contribution in [0.1, 0.15) is 47.1 Å². The molecule has 0 spiro atoms. The lowest BCUT2D eigenvalue weighted by molar-refractivity contribution is 0.280. The highest BCUT2D eigenvalue weighted by Gasteiger charge is 2.28. The van der Waals surface area contributed by atoms with Crippen LogP contribution in [0.4, 0.5) is 5.69 Å². The minimum absolute atomic E-state index is 0.288. The Bertz CT molecular complexity index is 403. The third-order valence-corrected chi connectivity index (χ3v) is 3.93. The summed E-state index contributed by atoms with van der Waals surface area (Å²) in [5.41, 5.74) is 1.54. The molecule has 4 heteroatoms. The molecule has 0 aliphatic carbocycles. The highest BCUT2D eigenvalue weighted by molar-refractivity contribution is 5.43. The normalized spacial score (nSPS) is 21.8. The molecule has 1 aromatic heterocycles. The average Bonchev–Trinajstić information content (AvgIpc) is 2.66. The lowest BCUT2D eigenvalue weighted by Gasteiger charge is -2.34. The smallest absolute Gasteiger partial charge is 0.0753 e. The highest BCUT2D eigenvalue weighted by Crippen LogP contribution is 2.24. The van der Waals surface area contributed by atoms with Crippen molar-refractivity contribution in [2.75, 3.05) is 24.5 Å². The number of rotatable bonds is 2. The minimum Gasteiger partial charge on any atom is -0.367 e. The standard InChI is InChI=1S/C15H28N4/c1-12(2)19-10-13(9-17-19)18-8-6-7-16-14(11-18)15(3,4)5/h9-10,12,14,16H,6-8,11H2,1-5H3. The molecule has 1 unspecified atom stereocenters. The second-order valence-electron chi connectivity index (χ2n) is 6.94. The average molecular weight is 264 g/mol. The van der Waals surface area contributed by atoms with Crippen molar-refractivity contribution in [3.63, 3.8) is 0 Å². The van der Waals surface area contributed by atoms with Crippen molar-refractivity contribution in [3.8, 4) is 0 Å². The molecule has 1 saturated heterocycles. The maximum atomic E-state index is 4.46. The molecule has 0 aromatic carbocycles. The van der Waals surface area contributed by atoms with Crippen molar-refractivity contribution in [1.82, 2.24) is 15.1 Å². The Labute approximate surface area is 117 Å². The summed E-state index contributed by atoms with van der Waals surface area (Å²) in [5, 5.41) is 8.15. The predicted octanol–water partition coefficient (Wildman–Crippen LogP) is 2.68. The van der Waals surface area contributed by atoms with Gasteiger partial charge < -0.3 is 10.2 Å². The zero-order valence-electron chi connectivity index (χ0n) is 13.0. The number of anilines is 1. The number of hydrogen-bond acceptors (Lipinski definition) is 3. The van der Waals surface area contributed by atoms with Crippen LogP contribution in [0.3, 0.4) is 0 Å². The second-order valence-corrected chi connectivity index (χ2v) is 6.94. The zero-order chi connectivity index (χ0) is 14.0. The fourth-order valence-corrected chi connectivity index (χ4v) is 2.51. The number of hydrogen-bond donors (Lipinski definition) is 1. The monoisotopic (exact) mass is 264 g/mol. The molecule has 108 valence electrons. The SMILES string of the molecule is CC(C)n1cc(N2CCCNC(C(C)(C)C)C2)cn1. The Morgan fingerprint density at radius 3 is 2.68 bits per heavy atom. The van der Waals surface area contributed by atoms with Crippen molar-refractivity contribution < 1.29 is 0 Å². The van der Waals surface area contributed by atoms with Crippen molar-refractivity contribution >= 4 is 5.69 Å². The van der Waals surface area contributed by atoms with Crippen molar-refractivity contribution in [2.24, 2.45) is 5.41 Å². The van der Waals surface area contributed by atoms with E-state index in [0.29, 0.717) is 12.1 Å². The zero-order valence-corrected chi connectivity index (χ0v) is 13.0. The molecule has 0 saturated carbocycles. The van der Waals surface area contributed by atoms with Gasteiger partial charge in [-0.2, -0.15) is 5.10 Å². The minimum atomic E-state index is 0.288. The summed E-state index contributed by atoms with van der Waals surface area (Å²) < 4.78 is 2.04. The van der Waals surface area contributed by atoms with Gasteiger partial charge in [0.15, 0.2) is 0 Å². The van der Waals surface area contributed by atoms with Crippen LogP contribution in [0.5, 0.6) is 0 Å². The van der Waals surface area contributed by atoms with Gasteiger partial charge in [-0.3, -0.25) is 4.68 Å². The Morgan fingerprint density at radius 1 is 1.37 bits per heavy atom. The van der Waals surface area contributed by atoms with Gasteiger partial charge in [0.1, 0.15) is 0 Å². The van der Waals surface area contributed by atoms with E-state index in [1.807, 2.05) is 10.9 Å². The van der Waals surface area contributed by atoms with E-state index < -0.39 is 0 Å². The molecule has 4 nitrogen and oxygen atoms in total. The lowest BCUT2D eigenvalue weighted by atomic mass is 9.86. The summed E-state index contributed by atoms with van der Waals surface area (Å²) in [5.74, 6) is 0. The largest absolute Gasteiger partial charge is 0.367 e. The summed E-state index contributed by atoms with van der Waals surface area (Å²) in [6, 6.07) is 0.953. The molecular weight excluding hydrogens is 236 g/mol. The second kappa shape index (κ2) is 5.53. The Morgan fingerprint density at radius 2 is 2.11 bits per heavy atom. The van der Waals surface area contributed by atoms with Gasteiger partial charge >= 0.3 is 0 Å². The molecule has 1 aliphatic rings. The maximum Gasteiger partial charge on any atom is 0.0753 e. The van der Waals surface area contributed by atoms with E-state index in [2.05, 4.69) is 56.1 Å². The summed E-state index contributed by atoms with van der Waals surface area (Å²) in [4.78, 5) is 2.47. The molecule has 1 aliphatic heterocycles. The first-order valence-corrected chi connectivity index (χ1v) is 7.40. The van der Waals surface area contributed by atoms with E-state index in [4.69, 9.17) is 0 Å². The topological polar surface area (TPSA) is 33.1 Å². The molecule has 1 atom stereocenters. The fraction of sp³-hybridized carbons (Fsp3) is 0.800. The number of nitrogens with one attached hydrogen (secondary N) is 1. The van der Waals surface area contributed by atoms with Crippen LogP contribution in [0.2, 0.25) is 0 Å². The van der Waals surface area contributed by atoms with Crippen molar-refractivity contribution in [1.29, 1.82) is 0 Å². The third-order valence-electron chi connectivity index (χ3n) is 3.93. The first-order chi connectivity index (χ1) is 8.88. The Kier molecular flexibility index (Phi) is 4.19. The van der Waals surface area contributed by atoms with Gasteiger partial charge in [0, 0.05) is 31.4 Å². The Hall–Kier alpha value is -1.03. The van der Waals surface area contributed by atoms with E-state index in [0.717, 1.165) is 19.6 Å². The summed E-state index contributed by atoms with van der Waals surface area (Å²) >= 11 is 0. The molecule has 2 heterocycles. The first kappa shape index (κ1) is 14.4. The van der Waals surface area contributed by atoms with E-state index in [9.17, 15) is 0 Å². The summed E-state index contributed by atoms with van der Waals surface area (Å²) in [6.07, 6.45) is 5.38. The van der Waals surface area contributed by atoms with Gasteiger partial charge in [-0.25, -0.2) is 0 Å². The molecule has 0 bridgehead atoms. The van der Waals surface area contributed by atoms with E-state index in [-0.39, 0.29) is 5.41 Å². The van der Waals surface area contributed by atoms with Gasteiger partial charge in [0.25, 0.3) is 0 Å². The number of aromatic nitrogens is 2. The van der Waals surface area contributed by atoms with Gasteiger partial charge in [0.2, 0.25) is 0 Å². The van der Waals surface area contributed by atoms with Crippen molar-refractivity contribution in [2.45, 2.75) is 53.1 Å². The molecule has 1 aromatic rings. The van der Waals surface area contributed by atoms with Crippen LogP contribution >= 0.6 is 0 Å². The van der Waals surface area contributed by atoms with Crippen molar-refractivity contribution in [3.05, 3.63) is 12.4 Å². The molecule has 1 N–H and O–H groups in total. The number of nitrogens with zero attached hydrogens (tertiary/aromatic N) is 3. The molecule has 0 radical (unpaired) electrons. The van der Waals surface area contributed by atoms with Gasteiger partial charge in [-0.1, -0.05) is 20.8 Å². The van der Waals surface area contributed by atoms with Gasteiger partial charge in [0.05, 0.1) is 11.9 Å². The third kappa shape index (κ3) is 3.50. The van der Waals surface area contributed by atoms with E-state index >= 15 is 0 Å². The van der Waals surface area contributed by atoms with E-state index in [1.54, 1.807) is 0 Å². The quantitative estimate of drug-likeness (QED) is 0.891. The van der Waals surface area contributed by atoms with Crippen LogP contribution in [0.25, 0.3) is 0 Å². The highest BCUT2D eigenvalue weighted by atomic mass is 15.3. The van der Waals surface area contributed by atoms with Crippen LogP contribution in [-0.2, 0) is 0 Å². The molecule has 0 amide bonds. The summed E-state index contributed by atoms with van der Waals surface area (Å²) in [6.45, 7) is 14.5. The van der Waals surface area contributed by atoms with Crippen LogP contribution in [0.15, 0.2) is 12.4 Å². The maximum absolute atomic E-state index is 4.46. The fourth-order valence-electron chi connectivity index (χ4n) is 2.51. The van der Waals surface area contributed by atoms with E-state index in [1.165, 1.54) is 12.1 Å². The lowest BCUT2D eigenvalue weighted by Crippen LogP contribution is -2.46. The summed E-state index contributed by atoms with van der Waals surface area (Å²) in [7, 11) is 0. The first-order valence-electron chi connectivity index (χ1n) is 7.40. The molecule has 19 heavy (non-hydrogen) atoms. The van der Waals surface area contributed by atoms with Crippen LogP contribution in [-0.4, -0.2) is 35.5 Å². The van der Waals surface area contributed by atoms with Crippen LogP contribution < -0.4 is 10.2 Å². The molecule has 2 rings (SSSR count). The Balaban J connectivity index is 2.13. The molecule has 1 fully saturated rings. The molecular formula is C15H28N4. The van der Waals surface area contributed by atoms with Gasteiger partial charge in [-0.15, -0.1) is 0 Å².